The summed E-state index contributed by atoms with van der Waals surface area (Å²) in [5.74, 6) is 0.892. The van der Waals surface area contributed by atoms with E-state index in [1.807, 2.05) is 12.3 Å². The Hall–Kier alpha value is -2.34. The van der Waals surface area contributed by atoms with Crippen LogP contribution in [0.2, 0.25) is 0 Å². The van der Waals surface area contributed by atoms with Gasteiger partial charge in [-0.15, -0.1) is 0 Å². The number of aromatic nitrogens is 3. The summed E-state index contributed by atoms with van der Waals surface area (Å²) in [6.45, 7) is 10.5. The lowest BCUT2D eigenvalue weighted by molar-refractivity contribution is 0.202. The van der Waals surface area contributed by atoms with Gasteiger partial charge in [-0.1, -0.05) is 13.2 Å². The Morgan fingerprint density at radius 1 is 1.54 bits per heavy atom. The number of rotatable bonds is 7. The van der Waals surface area contributed by atoms with Crippen LogP contribution in [0, 0.1) is 0 Å². The van der Waals surface area contributed by atoms with Gasteiger partial charge >= 0.3 is 0 Å². The molecule has 6 heteroatoms. The third-order valence-corrected chi connectivity index (χ3v) is 4.53. The molecule has 1 aliphatic rings. The fourth-order valence-corrected chi connectivity index (χ4v) is 3.22. The van der Waals surface area contributed by atoms with Gasteiger partial charge < -0.3 is 19.9 Å². The fraction of sp³-hybridized carbons (Fsp3) is 0.444. The summed E-state index contributed by atoms with van der Waals surface area (Å²) in [7, 11) is 1.72. The van der Waals surface area contributed by atoms with E-state index in [0.29, 0.717) is 12.6 Å². The monoisotopic (exact) mass is 327 g/mol. The van der Waals surface area contributed by atoms with Gasteiger partial charge in [-0.2, -0.15) is 0 Å². The van der Waals surface area contributed by atoms with Crippen molar-refractivity contribution in [3.05, 3.63) is 43.0 Å². The van der Waals surface area contributed by atoms with Gasteiger partial charge in [-0.25, -0.2) is 9.97 Å². The van der Waals surface area contributed by atoms with Crippen molar-refractivity contribution >= 4 is 16.9 Å². The van der Waals surface area contributed by atoms with Gasteiger partial charge in [0.05, 0.1) is 12.0 Å². The quantitative estimate of drug-likeness (QED) is 0.766. The zero-order valence-corrected chi connectivity index (χ0v) is 14.2. The number of likely N-dealkylation sites (tertiary alicyclic amines) is 1. The van der Waals surface area contributed by atoms with Crippen molar-refractivity contribution in [3.63, 3.8) is 0 Å². The van der Waals surface area contributed by atoms with Crippen molar-refractivity contribution in [1.82, 2.24) is 19.9 Å². The summed E-state index contributed by atoms with van der Waals surface area (Å²) in [5.41, 5.74) is 3.02. The fourth-order valence-electron chi connectivity index (χ4n) is 3.22. The standard InChI is InChI=1S/C18H25N5O/c1-4-13(2)23-8-5-6-15(11-23)22-18-16-14(7-9-24-3)10-19-17(16)20-12-21-18/h4,10,12,15H,1-2,5-9,11H2,3H3,(H2,19,20,21,22)/t15-/m1/s1. The molecule has 1 atom stereocenters. The first-order valence-electron chi connectivity index (χ1n) is 8.35. The van der Waals surface area contributed by atoms with Crippen LogP contribution in [0.5, 0.6) is 0 Å². The molecule has 0 unspecified atom stereocenters. The molecular weight excluding hydrogens is 302 g/mol. The van der Waals surface area contributed by atoms with E-state index in [1.54, 1.807) is 13.4 Å². The van der Waals surface area contributed by atoms with E-state index in [2.05, 4.69) is 38.3 Å². The van der Waals surface area contributed by atoms with Gasteiger partial charge in [0.1, 0.15) is 17.8 Å². The lowest BCUT2D eigenvalue weighted by atomic mass is 10.0. The molecule has 6 nitrogen and oxygen atoms in total. The van der Waals surface area contributed by atoms with Crippen LogP contribution in [-0.2, 0) is 11.2 Å². The smallest absolute Gasteiger partial charge is 0.143 e. The highest BCUT2D eigenvalue weighted by Gasteiger charge is 2.21. The molecule has 1 aliphatic heterocycles. The highest BCUT2D eigenvalue weighted by atomic mass is 16.5. The van der Waals surface area contributed by atoms with Crippen molar-refractivity contribution < 1.29 is 4.74 Å². The van der Waals surface area contributed by atoms with E-state index in [0.717, 1.165) is 54.9 Å². The Balaban J connectivity index is 1.80. The summed E-state index contributed by atoms with van der Waals surface area (Å²) in [6, 6.07) is 0.332. The molecule has 128 valence electrons. The van der Waals surface area contributed by atoms with Crippen LogP contribution < -0.4 is 5.32 Å². The minimum absolute atomic E-state index is 0.332. The molecular formula is C18H25N5O. The minimum atomic E-state index is 0.332. The van der Waals surface area contributed by atoms with E-state index in [-0.39, 0.29) is 0 Å². The molecule has 3 heterocycles. The second-order valence-electron chi connectivity index (χ2n) is 6.13. The van der Waals surface area contributed by atoms with Crippen LogP contribution in [0.3, 0.4) is 0 Å². The second-order valence-corrected chi connectivity index (χ2v) is 6.13. The number of methoxy groups -OCH3 is 1. The molecule has 1 fully saturated rings. The van der Waals surface area contributed by atoms with Crippen LogP contribution in [-0.4, -0.2) is 52.7 Å². The maximum absolute atomic E-state index is 5.21. The van der Waals surface area contributed by atoms with Crippen LogP contribution in [0.25, 0.3) is 11.0 Å². The van der Waals surface area contributed by atoms with Crippen molar-refractivity contribution in [1.29, 1.82) is 0 Å². The Morgan fingerprint density at radius 2 is 2.42 bits per heavy atom. The van der Waals surface area contributed by atoms with Crippen molar-refractivity contribution in [2.75, 3.05) is 32.1 Å². The van der Waals surface area contributed by atoms with E-state index in [1.165, 1.54) is 5.56 Å². The Kier molecular flexibility index (Phi) is 5.15. The number of hydrogen-bond acceptors (Lipinski definition) is 5. The van der Waals surface area contributed by atoms with E-state index in [4.69, 9.17) is 4.74 Å². The predicted octanol–water partition coefficient (Wildman–Crippen LogP) is 2.72. The second kappa shape index (κ2) is 7.49. The van der Waals surface area contributed by atoms with Gasteiger partial charge in [0.25, 0.3) is 0 Å². The minimum Gasteiger partial charge on any atom is -0.384 e. The number of H-pyrrole nitrogens is 1. The van der Waals surface area contributed by atoms with Crippen molar-refractivity contribution in [2.24, 2.45) is 0 Å². The van der Waals surface area contributed by atoms with Gasteiger partial charge in [0.15, 0.2) is 0 Å². The summed E-state index contributed by atoms with van der Waals surface area (Å²) in [4.78, 5) is 14.3. The van der Waals surface area contributed by atoms with E-state index >= 15 is 0 Å². The molecule has 2 N–H and O–H groups in total. The molecule has 0 radical (unpaired) electrons. The van der Waals surface area contributed by atoms with Gasteiger partial charge in [-0.05, 0) is 30.9 Å². The third-order valence-electron chi connectivity index (χ3n) is 4.53. The molecule has 0 spiro atoms. The molecule has 2 aromatic rings. The number of piperidine rings is 1. The number of nitrogens with zero attached hydrogens (tertiary/aromatic N) is 3. The maximum atomic E-state index is 5.21. The first-order chi connectivity index (χ1) is 11.7. The molecule has 0 aliphatic carbocycles. The zero-order chi connectivity index (χ0) is 16.9. The number of anilines is 1. The number of fused-ring (bicyclic) bond motifs is 1. The molecule has 0 aromatic carbocycles. The van der Waals surface area contributed by atoms with E-state index in [9.17, 15) is 0 Å². The highest BCUT2D eigenvalue weighted by molar-refractivity contribution is 5.90. The average Bonchev–Trinajstić information content (AvgIpc) is 3.03. The normalized spacial score (nSPS) is 17.9. The van der Waals surface area contributed by atoms with Crippen LogP contribution in [0.1, 0.15) is 18.4 Å². The van der Waals surface area contributed by atoms with Gasteiger partial charge in [-0.3, -0.25) is 0 Å². The van der Waals surface area contributed by atoms with Crippen molar-refractivity contribution in [3.8, 4) is 0 Å². The summed E-state index contributed by atoms with van der Waals surface area (Å²) >= 11 is 0. The average molecular weight is 327 g/mol. The Morgan fingerprint density at radius 3 is 3.21 bits per heavy atom. The number of aromatic amines is 1. The highest BCUT2D eigenvalue weighted by Crippen LogP contribution is 2.26. The lowest BCUT2D eigenvalue weighted by Crippen LogP contribution is -2.41. The molecule has 0 saturated carbocycles. The third kappa shape index (κ3) is 3.43. The first-order valence-corrected chi connectivity index (χ1v) is 8.35. The van der Waals surface area contributed by atoms with Crippen LogP contribution in [0.15, 0.2) is 37.5 Å². The van der Waals surface area contributed by atoms with Gasteiger partial charge in [0, 0.05) is 38.1 Å². The van der Waals surface area contributed by atoms with Gasteiger partial charge in [0.2, 0.25) is 0 Å². The number of allylic oxidation sites excluding steroid dienone is 1. The van der Waals surface area contributed by atoms with E-state index < -0.39 is 0 Å². The van der Waals surface area contributed by atoms with Crippen molar-refractivity contribution in [2.45, 2.75) is 25.3 Å². The van der Waals surface area contributed by atoms with Crippen LogP contribution in [0.4, 0.5) is 5.82 Å². The Bertz CT molecular complexity index is 723. The summed E-state index contributed by atoms with van der Waals surface area (Å²) in [5, 5.41) is 4.67. The first kappa shape index (κ1) is 16.5. The summed E-state index contributed by atoms with van der Waals surface area (Å²) in [6.07, 6.45) is 8.50. The molecule has 0 bridgehead atoms. The Labute approximate surface area is 142 Å². The molecule has 2 aromatic heterocycles. The molecule has 3 rings (SSSR count). The zero-order valence-electron chi connectivity index (χ0n) is 14.2. The molecule has 1 saturated heterocycles. The number of ether oxygens (including phenoxy) is 1. The number of nitrogens with one attached hydrogen (secondary N) is 2. The summed E-state index contributed by atoms with van der Waals surface area (Å²) < 4.78 is 5.21. The molecule has 0 amide bonds. The van der Waals surface area contributed by atoms with Crippen LogP contribution >= 0.6 is 0 Å². The topological polar surface area (TPSA) is 66.1 Å². The lowest BCUT2D eigenvalue weighted by Gasteiger charge is -2.35. The number of hydrogen-bond donors (Lipinski definition) is 2. The largest absolute Gasteiger partial charge is 0.384 e. The molecule has 24 heavy (non-hydrogen) atoms. The SMILES string of the molecule is C=CC(=C)N1CCC[C@@H](Nc2ncnc3[nH]cc(CCOC)c23)C1. The predicted molar refractivity (Wildman–Crippen MR) is 97.0 cm³/mol. The maximum Gasteiger partial charge on any atom is 0.143 e.